The molecule has 0 aliphatic heterocycles. The molecule has 4 N–H and O–H groups in total. The van der Waals surface area contributed by atoms with Crippen molar-refractivity contribution in [3.63, 3.8) is 0 Å². The van der Waals surface area contributed by atoms with Crippen molar-refractivity contribution in [2.45, 2.75) is 59.2 Å². The van der Waals surface area contributed by atoms with E-state index in [4.69, 9.17) is 5.73 Å². The highest BCUT2D eigenvalue weighted by Crippen LogP contribution is 2.26. The molecule has 2 aromatic carbocycles. The number of aromatic amines is 1. The van der Waals surface area contributed by atoms with Gasteiger partial charge >= 0.3 is 0 Å². The fourth-order valence-corrected chi connectivity index (χ4v) is 4.13. The number of hydrogen-bond donors (Lipinski definition) is 3. The molecular formula is C25H32N4O2. The van der Waals surface area contributed by atoms with Crippen LogP contribution in [0, 0.1) is 13.8 Å². The summed E-state index contributed by atoms with van der Waals surface area (Å²) in [6.07, 6.45) is 2.22. The molecule has 1 heterocycles. The van der Waals surface area contributed by atoms with Crippen molar-refractivity contribution in [2.24, 2.45) is 5.73 Å². The normalized spacial score (nSPS) is 13.3. The van der Waals surface area contributed by atoms with Crippen molar-refractivity contribution in [3.8, 4) is 17.0 Å². The molecule has 3 aromatic rings. The Balaban J connectivity index is 1.81. The Morgan fingerprint density at radius 1 is 1.13 bits per heavy atom. The van der Waals surface area contributed by atoms with Crippen LogP contribution >= 0.6 is 0 Å². The zero-order valence-electron chi connectivity index (χ0n) is 18.9. The van der Waals surface area contributed by atoms with Gasteiger partial charge in [0.15, 0.2) is 0 Å². The van der Waals surface area contributed by atoms with E-state index in [1.165, 1.54) is 0 Å². The summed E-state index contributed by atoms with van der Waals surface area (Å²) in [5.41, 5.74) is 11.2. The Morgan fingerprint density at radius 2 is 1.74 bits per heavy atom. The zero-order chi connectivity index (χ0) is 22.7. The quantitative estimate of drug-likeness (QED) is 0.532. The molecule has 0 spiro atoms. The fraction of sp³-hybridized carbons (Fsp3) is 0.360. The second-order valence-electron chi connectivity index (χ2n) is 8.43. The van der Waals surface area contributed by atoms with Crippen molar-refractivity contribution in [2.75, 3.05) is 0 Å². The highest BCUT2D eigenvalue weighted by atomic mass is 16.3. The van der Waals surface area contributed by atoms with E-state index in [2.05, 4.69) is 9.97 Å². The maximum Gasteiger partial charge on any atom is 0.240 e. The maximum atomic E-state index is 13.4. The number of aryl methyl sites for hydroxylation is 2. The first-order valence-corrected chi connectivity index (χ1v) is 10.7. The first-order valence-electron chi connectivity index (χ1n) is 10.7. The van der Waals surface area contributed by atoms with Crippen LogP contribution in [0.3, 0.4) is 0 Å². The highest BCUT2D eigenvalue weighted by Gasteiger charge is 2.30. The Kier molecular flexibility index (Phi) is 6.81. The van der Waals surface area contributed by atoms with Crippen molar-refractivity contribution in [1.82, 2.24) is 14.9 Å². The summed E-state index contributed by atoms with van der Waals surface area (Å²) < 4.78 is 0. The molecule has 3 rings (SSSR count). The molecule has 6 heteroatoms. The van der Waals surface area contributed by atoms with Crippen LogP contribution < -0.4 is 5.73 Å². The Hall–Kier alpha value is -3.12. The number of nitrogens with zero attached hydrogens (tertiary/aromatic N) is 2. The van der Waals surface area contributed by atoms with Gasteiger partial charge in [0.25, 0.3) is 0 Å². The number of carbonyl (C=O) groups is 1. The average molecular weight is 421 g/mol. The van der Waals surface area contributed by atoms with E-state index in [1.807, 2.05) is 65.0 Å². The number of nitrogens with two attached hydrogens (primary N) is 1. The summed E-state index contributed by atoms with van der Waals surface area (Å²) >= 11 is 0. The molecule has 1 aromatic heterocycles. The highest BCUT2D eigenvalue weighted by molar-refractivity contribution is 5.82. The molecule has 0 saturated heterocycles. The molecule has 0 aliphatic carbocycles. The van der Waals surface area contributed by atoms with Crippen LogP contribution in [0.2, 0.25) is 0 Å². The molecule has 31 heavy (non-hydrogen) atoms. The monoisotopic (exact) mass is 420 g/mol. The summed E-state index contributed by atoms with van der Waals surface area (Å²) in [5.74, 6) is 0.834. The number of hydrogen-bond acceptors (Lipinski definition) is 4. The van der Waals surface area contributed by atoms with E-state index in [1.54, 1.807) is 23.2 Å². The van der Waals surface area contributed by atoms with Crippen molar-refractivity contribution >= 4 is 5.91 Å². The SMILES string of the molecule is Cc1cc(O)cc(C)c1CC(N)C(=O)N(C(C)C)C(C)c1ncc(-c2ccccc2)[nH]1. The first-order chi connectivity index (χ1) is 14.7. The Bertz CT molecular complexity index is 1020. The third-order valence-corrected chi connectivity index (χ3v) is 5.73. The van der Waals surface area contributed by atoms with Gasteiger partial charge in [0.1, 0.15) is 11.6 Å². The lowest BCUT2D eigenvalue weighted by molar-refractivity contribution is -0.137. The van der Waals surface area contributed by atoms with Crippen molar-refractivity contribution < 1.29 is 9.90 Å². The standard InChI is InChI=1S/C25H32N4O2/c1-15(2)29(18(5)24-27-14-23(28-24)19-9-7-6-8-10-19)25(31)22(26)13-21-16(3)11-20(30)12-17(21)4/h6-12,14-15,18,22,30H,13,26H2,1-5H3,(H,27,28). The van der Waals surface area contributed by atoms with Gasteiger partial charge in [0.2, 0.25) is 5.91 Å². The third-order valence-electron chi connectivity index (χ3n) is 5.73. The minimum atomic E-state index is -0.685. The van der Waals surface area contributed by atoms with Crippen LogP contribution in [0.5, 0.6) is 5.75 Å². The average Bonchev–Trinajstić information content (AvgIpc) is 3.21. The van der Waals surface area contributed by atoms with E-state index < -0.39 is 6.04 Å². The lowest BCUT2D eigenvalue weighted by Crippen LogP contribution is -2.49. The molecule has 2 atom stereocenters. The Labute approximate surface area is 184 Å². The van der Waals surface area contributed by atoms with E-state index in [0.717, 1.165) is 33.8 Å². The third kappa shape index (κ3) is 4.97. The number of nitrogens with one attached hydrogen (secondary N) is 1. The number of phenols is 1. The summed E-state index contributed by atoms with van der Waals surface area (Å²) in [5, 5.41) is 9.79. The molecule has 6 nitrogen and oxygen atoms in total. The number of benzene rings is 2. The van der Waals surface area contributed by atoms with Crippen LogP contribution in [0.1, 0.15) is 49.3 Å². The molecule has 2 unspecified atom stereocenters. The van der Waals surface area contributed by atoms with Crippen LogP contribution in [0.15, 0.2) is 48.7 Å². The predicted octanol–water partition coefficient (Wildman–Crippen LogP) is 4.27. The van der Waals surface area contributed by atoms with Crippen molar-refractivity contribution in [3.05, 3.63) is 71.2 Å². The van der Waals surface area contributed by atoms with E-state index in [0.29, 0.717) is 6.42 Å². The topological polar surface area (TPSA) is 95.2 Å². The first kappa shape index (κ1) is 22.6. The van der Waals surface area contributed by atoms with Gasteiger partial charge < -0.3 is 20.7 Å². The molecule has 0 radical (unpaired) electrons. The van der Waals surface area contributed by atoms with E-state index in [-0.39, 0.29) is 23.7 Å². The fourth-order valence-electron chi connectivity index (χ4n) is 4.13. The molecule has 1 amide bonds. The van der Waals surface area contributed by atoms with Gasteiger partial charge in [-0.05, 0) is 75.4 Å². The number of amides is 1. The number of aromatic nitrogens is 2. The van der Waals surface area contributed by atoms with Gasteiger partial charge in [-0.1, -0.05) is 30.3 Å². The number of H-pyrrole nitrogens is 1. The molecular weight excluding hydrogens is 388 g/mol. The van der Waals surface area contributed by atoms with Crippen molar-refractivity contribution in [1.29, 1.82) is 0 Å². The Morgan fingerprint density at radius 3 is 2.32 bits per heavy atom. The van der Waals surface area contributed by atoms with Crippen LogP contribution in [-0.4, -0.2) is 38.0 Å². The van der Waals surface area contributed by atoms with Gasteiger partial charge in [-0.15, -0.1) is 0 Å². The summed E-state index contributed by atoms with van der Waals surface area (Å²) in [4.78, 5) is 23.1. The lowest BCUT2D eigenvalue weighted by atomic mass is 9.95. The summed E-state index contributed by atoms with van der Waals surface area (Å²) in [7, 11) is 0. The number of imidazole rings is 1. The minimum Gasteiger partial charge on any atom is -0.508 e. The number of aromatic hydroxyl groups is 1. The second-order valence-corrected chi connectivity index (χ2v) is 8.43. The molecule has 164 valence electrons. The van der Waals surface area contributed by atoms with Gasteiger partial charge in [-0.25, -0.2) is 4.98 Å². The molecule has 0 saturated carbocycles. The van der Waals surface area contributed by atoms with E-state index >= 15 is 0 Å². The second kappa shape index (κ2) is 9.35. The zero-order valence-corrected chi connectivity index (χ0v) is 18.9. The minimum absolute atomic E-state index is 0.0409. The van der Waals surface area contributed by atoms with Crippen LogP contribution in [-0.2, 0) is 11.2 Å². The number of phenolic OH excluding ortho intramolecular Hbond substituents is 1. The number of carbonyl (C=O) groups excluding carboxylic acids is 1. The number of rotatable bonds is 7. The van der Waals surface area contributed by atoms with Gasteiger partial charge in [-0.2, -0.15) is 0 Å². The van der Waals surface area contributed by atoms with Gasteiger partial charge in [0.05, 0.1) is 24.0 Å². The predicted molar refractivity (Wildman–Crippen MR) is 124 cm³/mol. The lowest BCUT2D eigenvalue weighted by Gasteiger charge is -2.34. The summed E-state index contributed by atoms with van der Waals surface area (Å²) in [6, 6.07) is 12.4. The van der Waals surface area contributed by atoms with E-state index in [9.17, 15) is 9.90 Å². The molecule has 0 fully saturated rings. The molecule has 0 bridgehead atoms. The van der Waals surface area contributed by atoms with Crippen LogP contribution in [0.4, 0.5) is 0 Å². The molecule has 0 aliphatic rings. The smallest absolute Gasteiger partial charge is 0.240 e. The van der Waals surface area contributed by atoms with Gasteiger partial charge in [0, 0.05) is 6.04 Å². The van der Waals surface area contributed by atoms with Gasteiger partial charge in [-0.3, -0.25) is 4.79 Å². The summed E-state index contributed by atoms with van der Waals surface area (Å²) in [6.45, 7) is 9.79. The largest absolute Gasteiger partial charge is 0.508 e. The van der Waals surface area contributed by atoms with Crippen LogP contribution in [0.25, 0.3) is 11.3 Å². The maximum absolute atomic E-state index is 13.4.